The maximum atomic E-state index is 12.3. The van der Waals surface area contributed by atoms with Crippen LogP contribution in [0.15, 0.2) is 48.5 Å². The SMILES string of the molecule is O=C(OCCCO)c1[nH]c(-c2ccccc2)c2cc(Cl)ccc12. The van der Waals surface area contributed by atoms with E-state index in [1.165, 1.54) is 0 Å². The van der Waals surface area contributed by atoms with Gasteiger partial charge < -0.3 is 14.8 Å². The predicted molar refractivity (Wildman–Crippen MR) is 90.7 cm³/mol. The lowest BCUT2D eigenvalue weighted by Crippen LogP contribution is -2.08. The fourth-order valence-electron chi connectivity index (χ4n) is 2.50. The summed E-state index contributed by atoms with van der Waals surface area (Å²) in [6, 6.07) is 15.1. The van der Waals surface area contributed by atoms with Crippen LogP contribution in [0, 0.1) is 0 Å². The number of fused-ring (bicyclic) bond motifs is 1. The van der Waals surface area contributed by atoms with Gasteiger partial charge in [-0.2, -0.15) is 0 Å². The van der Waals surface area contributed by atoms with Gasteiger partial charge in [0.05, 0.1) is 12.3 Å². The summed E-state index contributed by atoms with van der Waals surface area (Å²) < 4.78 is 5.19. The van der Waals surface area contributed by atoms with E-state index >= 15 is 0 Å². The van der Waals surface area contributed by atoms with Gasteiger partial charge in [-0.05, 0) is 17.7 Å². The Morgan fingerprint density at radius 3 is 2.65 bits per heavy atom. The molecule has 5 heteroatoms. The molecule has 0 bridgehead atoms. The second kappa shape index (κ2) is 6.86. The molecule has 0 aliphatic carbocycles. The first-order valence-corrected chi connectivity index (χ1v) is 7.73. The van der Waals surface area contributed by atoms with E-state index in [4.69, 9.17) is 21.4 Å². The number of H-pyrrole nitrogens is 1. The number of esters is 1. The van der Waals surface area contributed by atoms with Crippen LogP contribution in [-0.2, 0) is 4.74 Å². The number of carbonyl (C=O) groups is 1. The van der Waals surface area contributed by atoms with E-state index in [1.807, 2.05) is 42.5 Å². The Morgan fingerprint density at radius 2 is 1.91 bits per heavy atom. The Labute approximate surface area is 138 Å². The maximum Gasteiger partial charge on any atom is 0.355 e. The van der Waals surface area contributed by atoms with Crippen LogP contribution in [0.2, 0.25) is 5.02 Å². The molecule has 118 valence electrons. The Balaban J connectivity index is 2.07. The van der Waals surface area contributed by atoms with E-state index in [-0.39, 0.29) is 13.2 Å². The van der Waals surface area contributed by atoms with Crippen LogP contribution < -0.4 is 0 Å². The molecule has 4 nitrogen and oxygen atoms in total. The van der Waals surface area contributed by atoms with E-state index in [2.05, 4.69) is 4.98 Å². The highest BCUT2D eigenvalue weighted by atomic mass is 35.5. The molecule has 0 saturated heterocycles. The molecule has 0 amide bonds. The van der Waals surface area contributed by atoms with Gasteiger partial charge in [-0.15, -0.1) is 0 Å². The summed E-state index contributed by atoms with van der Waals surface area (Å²) in [4.78, 5) is 15.5. The third kappa shape index (κ3) is 3.23. The Morgan fingerprint density at radius 1 is 1.13 bits per heavy atom. The van der Waals surface area contributed by atoms with Gasteiger partial charge in [0.25, 0.3) is 0 Å². The minimum atomic E-state index is -0.437. The first-order chi connectivity index (χ1) is 11.2. The molecular formula is C18H16ClNO3. The van der Waals surface area contributed by atoms with Gasteiger partial charge in [0.1, 0.15) is 5.69 Å². The minimum absolute atomic E-state index is 0.0103. The highest BCUT2D eigenvalue weighted by molar-refractivity contribution is 6.31. The number of halogens is 1. The van der Waals surface area contributed by atoms with Crippen molar-refractivity contribution in [2.75, 3.05) is 13.2 Å². The topological polar surface area (TPSA) is 62.3 Å². The van der Waals surface area contributed by atoms with Crippen LogP contribution in [0.3, 0.4) is 0 Å². The zero-order valence-corrected chi connectivity index (χ0v) is 13.1. The third-order valence-corrected chi connectivity index (χ3v) is 3.81. The van der Waals surface area contributed by atoms with E-state index in [0.29, 0.717) is 17.1 Å². The second-order valence-electron chi connectivity index (χ2n) is 5.14. The van der Waals surface area contributed by atoms with Crippen molar-refractivity contribution in [2.24, 2.45) is 0 Å². The van der Waals surface area contributed by atoms with Crippen LogP contribution in [0.5, 0.6) is 0 Å². The summed E-state index contributed by atoms with van der Waals surface area (Å²) in [5.41, 5.74) is 2.19. The molecule has 0 spiro atoms. The van der Waals surface area contributed by atoms with Gasteiger partial charge in [-0.25, -0.2) is 4.79 Å². The minimum Gasteiger partial charge on any atom is -0.461 e. The normalized spacial score (nSPS) is 10.9. The fraction of sp³-hybridized carbons (Fsp3) is 0.167. The van der Waals surface area contributed by atoms with Crippen molar-refractivity contribution in [2.45, 2.75) is 6.42 Å². The Bertz CT molecular complexity index is 827. The lowest BCUT2D eigenvalue weighted by atomic mass is 10.1. The number of aliphatic hydroxyl groups excluding tert-OH is 1. The monoisotopic (exact) mass is 329 g/mol. The van der Waals surface area contributed by atoms with Gasteiger partial charge in [0.2, 0.25) is 0 Å². The smallest absolute Gasteiger partial charge is 0.355 e. The van der Waals surface area contributed by atoms with E-state index < -0.39 is 5.97 Å². The average Bonchev–Trinajstić information content (AvgIpc) is 2.94. The number of ether oxygens (including phenoxy) is 1. The number of benzene rings is 2. The van der Waals surface area contributed by atoms with E-state index in [1.54, 1.807) is 6.07 Å². The largest absolute Gasteiger partial charge is 0.461 e. The number of nitrogens with one attached hydrogen (secondary N) is 1. The van der Waals surface area contributed by atoms with Crippen molar-refractivity contribution in [3.63, 3.8) is 0 Å². The molecule has 0 fully saturated rings. The predicted octanol–water partition coefficient (Wildman–Crippen LogP) is 4.03. The molecule has 1 aromatic heterocycles. The molecular weight excluding hydrogens is 314 g/mol. The van der Waals surface area contributed by atoms with Crippen molar-refractivity contribution < 1.29 is 14.6 Å². The highest BCUT2D eigenvalue weighted by Crippen LogP contribution is 2.33. The number of aliphatic hydroxyl groups is 1. The van der Waals surface area contributed by atoms with Crippen LogP contribution in [0.4, 0.5) is 0 Å². The molecule has 0 atom stereocenters. The van der Waals surface area contributed by atoms with E-state index in [0.717, 1.165) is 22.0 Å². The van der Waals surface area contributed by atoms with Crippen molar-refractivity contribution in [3.8, 4) is 11.3 Å². The van der Waals surface area contributed by atoms with Crippen molar-refractivity contribution in [3.05, 3.63) is 59.2 Å². The zero-order chi connectivity index (χ0) is 16.2. The molecule has 0 aliphatic rings. The molecule has 0 unspecified atom stereocenters. The first-order valence-electron chi connectivity index (χ1n) is 7.35. The van der Waals surface area contributed by atoms with Crippen molar-refractivity contribution >= 4 is 28.3 Å². The summed E-state index contributed by atoms with van der Waals surface area (Å²) >= 11 is 6.11. The molecule has 3 aromatic rings. The number of aromatic nitrogens is 1. The molecule has 3 rings (SSSR count). The quantitative estimate of drug-likeness (QED) is 0.549. The molecule has 2 aromatic carbocycles. The van der Waals surface area contributed by atoms with Gasteiger partial charge in [0, 0.05) is 28.8 Å². The average molecular weight is 330 g/mol. The number of hydrogen-bond acceptors (Lipinski definition) is 3. The highest BCUT2D eigenvalue weighted by Gasteiger charge is 2.18. The first kappa shape index (κ1) is 15.6. The van der Waals surface area contributed by atoms with Gasteiger partial charge >= 0.3 is 5.97 Å². The van der Waals surface area contributed by atoms with Gasteiger partial charge in [-0.1, -0.05) is 48.0 Å². The molecule has 1 heterocycles. The van der Waals surface area contributed by atoms with Gasteiger partial charge in [-0.3, -0.25) is 0 Å². The number of hydrogen-bond donors (Lipinski definition) is 2. The molecule has 0 aliphatic heterocycles. The molecule has 2 N–H and O–H groups in total. The van der Waals surface area contributed by atoms with Crippen LogP contribution in [0.25, 0.3) is 22.0 Å². The summed E-state index contributed by atoms with van der Waals surface area (Å²) in [5.74, 6) is -0.437. The molecule has 0 radical (unpaired) electrons. The maximum absolute atomic E-state index is 12.3. The number of aromatic amines is 1. The Kier molecular flexibility index (Phi) is 4.65. The standard InChI is InChI=1S/C18H16ClNO3/c19-13-7-8-14-15(11-13)16(12-5-2-1-3-6-12)20-17(14)18(22)23-10-4-9-21/h1-3,5-8,11,20-21H,4,9-10H2. The van der Waals surface area contributed by atoms with Crippen LogP contribution >= 0.6 is 11.6 Å². The second-order valence-corrected chi connectivity index (χ2v) is 5.58. The van der Waals surface area contributed by atoms with Crippen LogP contribution in [-0.4, -0.2) is 29.3 Å². The Hall–Kier alpha value is -2.30. The van der Waals surface area contributed by atoms with Gasteiger partial charge in [0.15, 0.2) is 0 Å². The van der Waals surface area contributed by atoms with Crippen LogP contribution in [0.1, 0.15) is 16.9 Å². The lowest BCUT2D eigenvalue weighted by Gasteiger charge is -2.02. The number of rotatable bonds is 5. The summed E-state index contributed by atoms with van der Waals surface area (Å²) in [6.45, 7) is 0.174. The van der Waals surface area contributed by atoms with Crippen molar-refractivity contribution in [1.82, 2.24) is 4.98 Å². The van der Waals surface area contributed by atoms with Crippen molar-refractivity contribution in [1.29, 1.82) is 0 Å². The third-order valence-electron chi connectivity index (χ3n) is 3.57. The summed E-state index contributed by atoms with van der Waals surface area (Å²) in [5, 5.41) is 11.0. The summed E-state index contributed by atoms with van der Waals surface area (Å²) in [7, 11) is 0. The summed E-state index contributed by atoms with van der Waals surface area (Å²) in [6.07, 6.45) is 0.418. The van der Waals surface area contributed by atoms with E-state index in [9.17, 15) is 4.79 Å². The zero-order valence-electron chi connectivity index (χ0n) is 12.4. The lowest BCUT2D eigenvalue weighted by molar-refractivity contribution is 0.0478. The fourth-order valence-corrected chi connectivity index (χ4v) is 2.67. The molecule has 23 heavy (non-hydrogen) atoms. The molecule has 0 saturated carbocycles. The number of carbonyl (C=O) groups excluding carboxylic acids is 1.